The molecule has 0 radical (unpaired) electrons. The van der Waals surface area contributed by atoms with Crippen molar-refractivity contribution in [2.24, 2.45) is 0 Å². The molecule has 1 N–H and O–H groups in total. The van der Waals surface area contributed by atoms with Crippen molar-refractivity contribution in [2.75, 3.05) is 38.2 Å². The Kier molecular flexibility index (Phi) is 4.95. The molecule has 100 valence electrons. The number of ether oxygens (including phenoxy) is 1. The third-order valence-corrected chi connectivity index (χ3v) is 3.93. The molecular weight excluding hydrogens is 252 g/mol. The lowest BCUT2D eigenvalue weighted by Crippen LogP contribution is -2.41. The van der Waals surface area contributed by atoms with Gasteiger partial charge in [0.05, 0.1) is 19.4 Å². The molecule has 0 unspecified atom stereocenters. The van der Waals surface area contributed by atoms with Crippen molar-refractivity contribution in [1.29, 1.82) is 0 Å². The number of rotatable bonds is 4. The maximum Gasteiger partial charge on any atom is 0.406 e. The number of amides is 1. The summed E-state index contributed by atoms with van der Waals surface area (Å²) < 4.78 is 10.1. The van der Waals surface area contributed by atoms with E-state index in [4.69, 9.17) is 4.42 Å². The Hall–Kier alpha value is -1.14. The molecule has 1 aliphatic rings. The van der Waals surface area contributed by atoms with E-state index in [9.17, 15) is 4.79 Å². The third-order valence-electron chi connectivity index (χ3n) is 2.98. The number of hydrogen-bond acceptors (Lipinski definition) is 5. The largest absolute Gasteiger partial charge is 0.468 e. The van der Waals surface area contributed by atoms with Crippen LogP contribution in [-0.4, -0.2) is 49.2 Å². The zero-order valence-corrected chi connectivity index (χ0v) is 11.2. The molecule has 6 heteroatoms. The second-order valence-corrected chi connectivity index (χ2v) is 5.28. The van der Waals surface area contributed by atoms with Crippen molar-refractivity contribution >= 4 is 17.9 Å². The van der Waals surface area contributed by atoms with Gasteiger partial charge in [0.15, 0.2) is 0 Å². The molecule has 0 bridgehead atoms. The van der Waals surface area contributed by atoms with Gasteiger partial charge in [0, 0.05) is 31.1 Å². The summed E-state index contributed by atoms with van der Waals surface area (Å²) in [6, 6.07) is 3.91. The van der Waals surface area contributed by atoms with Crippen LogP contribution in [0.2, 0.25) is 0 Å². The van der Waals surface area contributed by atoms with Crippen LogP contribution in [0, 0.1) is 0 Å². The first kappa shape index (κ1) is 13.3. The van der Waals surface area contributed by atoms with E-state index in [1.54, 1.807) is 6.26 Å². The van der Waals surface area contributed by atoms with E-state index in [0.29, 0.717) is 6.54 Å². The van der Waals surface area contributed by atoms with Gasteiger partial charge in [-0.3, -0.25) is 4.90 Å². The second-order valence-electron chi connectivity index (χ2n) is 4.05. The van der Waals surface area contributed by atoms with Crippen molar-refractivity contribution in [1.82, 2.24) is 10.2 Å². The van der Waals surface area contributed by atoms with Crippen molar-refractivity contribution in [3.63, 3.8) is 0 Å². The molecule has 0 saturated carbocycles. The minimum atomic E-state index is -0.405. The van der Waals surface area contributed by atoms with Crippen LogP contribution in [0.4, 0.5) is 4.79 Å². The Morgan fingerprint density at radius 3 is 3.00 bits per heavy atom. The van der Waals surface area contributed by atoms with Crippen LogP contribution in [0.25, 0.3) is 0 Å². The monoisotopic (exact) mass is 270 g/mol. The van der Waals surface area contributed by atoms with Crippen LogP contribution in [0.5, 0.6) is 0 Å². The molecule has 1 fully saturated rings. The Labute approximate surface area is 111 Å². The maximum atomic E-state index is 11.2. The highest BCUT2D eigenvalue weighted by atomic mass is 32.2. The summed E-state index contributed by atoms with van der Waals surface area (Å²) in [6.07, 6.45) is 1.26. The zero-order valence-electron chi connectivity index (χ0n) is 10.4. The first-order chi connectivity index (χ1) is 8.81. The number of hydrogen-bond donors (Lipinski definition) is 1. The predicted octanol–water partition coefficient (Wildman–Crippen LogP) is 1.73. The van der Waals surface area contributed by atoms with Gasteiger partial charge in [0.1, 0.15) is 5.76 Å². The van der Waals surface area contributed by atoms with E-state index < -0.39 is 6.09 Å². The van der Waals surface area contributed by atoms with Gasteiger partial charge in [-0.05, 0) is 12.1 Å². The van der Waals surface area contributed by atoms with E-state index >= 15 is 0 Å². The van der Waals surface area contributed by atoms with Gasteiger partial charge in [0.2, 0.25) is 0 Å². The molecular formula is C12H18N2O3S. The van der Waals surface area contributed by atoms with E-state index in [0.717, 1.165) is 30.4 Å². The lowest BCUT2D eigenvalue weighted by atomic mass is 10.2. The maximum absolute atomic E-state index is 11.2. The van der Waals surface area contributed by atoms with Crippen LogP contribution in [0.1, 0.15) is 11.8 Å². The number of nitrogens with zero attached hydrogens (tertiary/aromatic N) is 1. The van der Waals surface area contributed by atoms with Gasteiger partial charge < -0.3 is 14.5 Å². The van der Waals surface area contributed by atoms with Crippen LogP contribution >= 0.6 is 11.8 Å². The minimum Gasteiger partial charge on any atom is -0.468 e. The van der Waals surface area contributed by atoms with Gasteiger partial charge in [-0.1, -0.05) is 0 Å². The Balaban J connectivity index is 2.00. The lowest BCUT2D eigenvalue weighted by molar-refractivity contribution is 0.155. The molecule has 1 atom stereocenters. The smallest absolute Gasteiger partial charge is 0.406 e. The molecule has 18 heavy (non-hydrogen) atoms. The summed E-state index contributed by atoms with van der Waals surface area (Å²) in [7, 11) is 1.37. The summed E-state index contributed by atoms with van der Waals surface area (Å²) in [5, 5.41) is 2.75. The molecule has 0 spiro atoms. The zero-order chi connectivity index (χ0) is 12.8. The fourth-order valence-corrected chi connectivity index (χ4v) is 2.96. The van der Waals surface area contributed by atoms with Gasteiger partial charge in [0.25, 0.3) is 0 Å². The van der Waals surface area contributed by atoms with E-state index in [1.165, 1.54) is 7.11 Å². The molecule has 1 aromatic heterocycles. The summed E-state index contributed by atoms with van der Waals surface area (Å²) in [5.41, 5.74) is 0. The van der Waals surface area contributed by atoms with Crippen molar-refractivity contribution in [3.8, 4) is 0 Å². The molecule has 5 nitrogen and oxygen atoms in total. The molecule has 1 aliphatic heterocycles. The minimum absolute atomic E-state index is 0.0833. The standard InChI is InChI=1S/C12H18N2O3S/c1-16-12(15)13-9-10(11-3-2-6-17-11)14-4-7-18-8-5-14/h2-3,6,10H,4-5,7-9H2,1H3,(H,13,15)/t10-/m1/s1. The number of thioether (sulfide) groups is 1. The molecule has 0 aromatic carbocycles. The fraction of sp³-hybridized carbons (Fsp3) is 0.583. The van der Waals surface area contributed by atoms with Gasteiger partial charge in [-0.25, -0.2) is 4.79 Å². The number of furan rings is 1. The average molecular weight is 270 g/mol. The third kappa shape index (κ3) is 3.43. The highest BCUT2D eigenvalue weighted by Gasteiger charge is 2.25. The van der Waals surface area contributed by atoms with E-state index in [2.05, 4.69) is 15.0 Å². The van der Waals surface area contributed by atoms with Crippen molar-refractivity contribution < 1.29 is 13.9 Å². The molecule has 1 aromatic rings. The van der Waals surface area contributed by atoms with Crippen molar-refractivity contribution in [2.45, 2.75) is 6.04 Å². The normalized spacial score (nSPS) is 18.3. The topological polar surface area (TPSA) is 54.7 Å². The first-order valence-electron chi connectivity index (χ1n) is 5.98. The number of carbonyl (C=O) groups is 1. The Morgan fingerprint density at radius 2 is 2.39 bits per heavy atom. The number of methoxy groups -OCH3 is 1. The average Bonchev–Trinajstić information content (AvgIpc) is 2.94. The highest BCUT2D eigenvalue weighted by Crippen LogP contribution is 2.24. The highest BCUT2D eigenvalue weighted by molar-refractivity contribution is 7.99. The fourth-order valence-electron chi connectivity index (χ4n) is 2.03. The van der Waals surface area contributed by atoms with Gasteiger partial charge in [-0.15, -0.1) is 0 Å². The van der Waals surface area contributed by atoms with E-state index in [-0.39, 0.29) is 6.04 Å². The van der Waals surface area contributed by atoms with Crippen molar-refractivity contribution in [3.05, 3.63) is 24.2 Å². The van der Waals surface area contributed by atoms with Crippen LogP contribution in [0.3, 0.4) is 0 Å². The van der Waals surface area contributed by atoms with Crippen LogP contribution in [-0.2, 0) is 4.74 Å². The quantitative estimate of drug-likeness (QED) is 0.903. The SMILES string of the molecule is COC(=O)NC[C@H](c1ccco1)N1CCSCC1. The summed E-state index contributed by atoms with van der Waals surface area (Å²) in [6.45, 7) is 2.53. The van der Waals surface area contributed by atoms with E-state index in [1.807, 2.05) is 23.9 Å². The molecule has 1 saturated heterocycles. The van der Waals surface area contributed by atoms with Crippen LogP contribution < -0.4 is 5.32 Å². The Bertz CT molecular complexity index is 363. The van der Waals surface area contributed by atoms with Gasteiger partial charge in [-0.2, -0.15) is 11.8 Å². The predicted molar refractivity (Wildman–Crippen MR) is 70.8 cm³/mol. The number of nitrogens with one attached hydrogen (secondary N) is 1. The molecule has 0 aliphatic carbocycles. The molecule has 2 rings (SSSR count). The first-order valence-corrected chi connectivity index (χ1v) is 7.13. The second kappa shape index (κ2) is 6.70. The summed E-state index contributed by atoms with van der Waals surface area (Å²) in [4.78, 5) is 13.5. The summed E-state index contributed by atoms with van der Waals surface area (Å²) in [5.74, 6) is 3.13. The lowest BCUT2D eigenvalue weighted by Gasteiger charge is -2.33. The van der Waals surface area contributed by atoms with Gasteiger partial charge >= 0.3 is 6.09 Å². The Morgan fingerprint density at radius 1 is 1.61 bits per heavy atom. The molecule has 2 heterocycles. The molecule has 1 amide bonds. The summed E-state index contributed by atoms with van der Waals surface area (Å²) >= 11 is 1.96. The number of alkyl carbamates (subject to hydrolysis) is 1. The van der Waals surface area contributed by atoms with Crippen LogP contribution in [0.15, 0.2) is 22.8 Å². The number of carbonyl (C=O) groups excluding carboxylic acids is 1.